The summed E-state index contributed by atoms with van der Waals surface area (Å²) in [4.78, 5) is 12.5. The maximum Gasteiger partial charge on any atom is 0.203 e. The van der Waals surface area contributed by atoms with Crippen molar-refractivity contribution in [3.05, 3.63) is 70.3 Å². The van der Waals surface area contributed by atoms with E-state index in [1.54, 1.807) is 44.4 Å². The standard InChI is InChI=1S/C18H14ClNO2/c1-12(14-4-3-5-16(10-14)22-2)17(11-20)18(21)13-6-8-15(19)9-7-13/h3-10H,1-2H3/b17-12-. The first-order chi connectivity index (χ1) is 10.6. The van der Waals surface area contributed by atoms with Gasteiger partial charge in [0.05, 0.1) is 7.11 Å². The molecule has 0 unspecified atom stereocenters. The van der Waals surface area contributed by atoms with Crippen LogP contribution in [0.2, 0.25) is 5.02 Å². The predicted octanol–water partition coefficient (Wildman–Crippen LogP) is 4.53. The molecule has 0 fully saturated rings. The quantitative estimate of drug-likeness (QED) is 0.473. The van der Waals surface area contributed by atoms with E-state index >= 15 is 0 Å². The number of rotatable bonds is 4. The Hall–Kier alpha value is -2.57. The van der Waals surface area contributed by atoms with Crippen LogP contribution in [-0.4, -0.2) is 12.9 Å². The van der Waals surface area contributed by atoms with Crippen LogP contribution >= 0.6 is 11.6 Å². The lowest BCUT2D eigenvalue weighted by molar-refractivity contribution is 0.103. The van der Waals surface area contributed by atoms with E-state index in [0.717, 1.165) is 5.56 Å². The molecule has 110 valence electrons. The van der Waals surface area contributed by atoms with Gasteiger partial charge in [0.1, 0.15) is 17.4 Å². The fourth-order valence-corrected chi connectivity index (χ4v) is 2.18. The summed E-state index contributed by atoms with van der Waals surface area (Å²) in [6.07, 6.45) is 0. The van der Waals surface area contributed by atoms with Gasteiger partial charge in [-0.1, -0.05) is 23.7 Å². The van der Waals surface area contributed by atoms with Gasteiger partial charge in [0.2, 0.25) is 5.78 Å². The maximum atomic E-state index is 12.5. The average molecular weight is 312 g/mol. The second-order valence-corrected chi connectivity index (χ2v) is 5.12. The summed E-state index contributed by atoms with van der Waals surface area (Å²) < 4.78 is 5.17. The van der Waals surface area contributed by atoms with Crippen LogP contribution in [-0.2, 0) is 0 Å². The number of Topliss-reactive ketones (excluding diaryl/α,β-unsaturated/α-hetero) is 1. The van der Waals surface area contributed by atoms with E-state index in [4.69, 9.17) is 16.3 Å². The average Bonchev–Trinajstić information content (AvgIpc) is 2.56. The first kappa shape index (κ1) is 15.8. The Balaban J connectivity index is 2.46. The van der Waals surface area contributed by atoms with E-state index in [9.17, 15) is 10.1 Å². The third-order valence-electron chi connectivity index (χ3n) is 3.32. The number of nitriles is 1. The summed E-state index contributed by atoms with van der Waals surface area (Å²) in [5.74, 6) is 0.354. The Bertz CT molecular complexity index is 770. The second kappa shape index (κ2) is 6.93. The Kier molecular flexibility index (Phi) is 4.98. The highest BCUT2D eigenvalue weighted by atomic mass is 35.5. The summed E-state index contributed by atoms with van der Waals surface area (Å²) in [6, 6.07) is 15.7. The van der Waals surface area contributed by atoms with Crippen molar-refractivity contribution in [1.82, 2.24) is 0 Å². The number of allylic oxidation sites excluding steroid dienone is 2. The Morgan fingerprint density at radius 3 is 2.41 bits per heavy atom. The van der Waals surface area contributed by atoms with E-state index < -0.39 is 0 Å². The predicted molar refractivity (Wildman–Crippen MR) is 87.0 cm³/mol. The van der Waals surface area contributed by atoms with E-state index in [1.165, 1.54) is 0 Å². The zero-order valence-electron chi connectivity index (χ0n) is 12.3. The summed E-state index contributed by atoms with van der Waals surface area (Å²) in [7, 11) is 1.57. The van der Waals surface area contributed by atoms with Crippen LogP contribution in [0.3, 0.4) is 0 Å². The highest BCUT2D eigenvalue weighted by molar-refractivity contribution is 6.30. The van der Waals surface area contributed by atoms with Gasteiger partial charge in [0.15, 0.2) is 0 Å². The number of methoxy groups -OCH3 is 1. The number of carbonyl (C=O) groups excluding carboxylic acids is 1. The van der Waals surface area contributed by atoms with Gasteiger partial charge in [-0.3, -0.25) is 4.79 Å². The molecule has 0 heterocycles. The van der Waals surface area contributed by atoms with Crippen LogP contribution in [0.15, 0.2) is 54.1 Å². The number of halogens is 1. The van der Waals surface area contributed by atoms with Crippen molar-refractivity contribution in [3.63, 3.8) is 0 Å². The molecule has 0 radical (unpaired) electrons. The van der Waals surface area contributed by atoms with E-state index in [-0.39, 0.29) is 11.4 Å². The maximum absolute atomic E-state index is 12.5. The highest BCUT2D eigenvalue weighted by Gasteiger charge is 2.16. The van der Waals surface area contributed by atoms with Gasteiger partial charge in [-0.25, -0.2) is 0 Å². The van der Waals surface area contributed by atoms with E-state index in [0.29, 0.717) is 21.9 Å². The SMILES string of the molecule is COc1cccc(/C(C)=C(/C#N)C(=O)c2ccc(Cl)cc2)c1. The molecule has 3 nitrogen and oxygen atoms in total. The van der Waals surface area contributed by atoms with Crippen molar-refractivity contribution in [3.8, 4) is 11.8 Å². The third-order valence-corrected chi connectivity index (χ3v) is 3.58. The third kappa shape index (κ3) is 3.36. The fraction of sp³-hybridized carbons (Fsp3) is 0.111. The van der Waals surface area contributed by atoms with Gasteiger partial charge in [-0.05, 0) is 54.5 Å². The zero-order chi connectivity index (χ0) is 16.1. The molecule has 0 saturated heterocycles. The molecule has 0 bridgehead atoms. The normalized spacial score (nSPS) is 11.4. The van der Waals surface area contributed by atoms with Gasteiger partial charge in [0, 0.05) is 10.6 Å². The zero-order valence-corrected chi connectivity index (χ0v) is 13.0. The molecular weight excluding hydrogens is 298 g/mol. The lowest BCUT2D eigenvalue weighted by Crippen LogP contribution is -2.04. The molecule has 0 atom stereocenters. The minimum Gasteiger partial charge on any atom is -0.497 e. The molecule has 2 aromatic rings. The topological polar surface area (TPSA) is 50.1 Å². The first-order valence-corrected chi connectivity index (χ1v) is 7.00. The number of hydrogen-bond donors (Lipinski definition) is 0. The molecule has 0 aliphatic rings. The van der Waals surface area contributed by atoms with Crippen LogP contribution in [0.4, 0.5) is 0 Å². The largest absolute Gasteiger partial charge is 0.497 e. The minimum atomic E-state index is -0.320. The van der Waals surface area contributed by atoms with Gasteiger partial charge >= 0.3 is 0 Å². The number of ether oxygens (including phenoxy) is 1. The molecule has 0 amide bonds. The molecule has 0 spiro atoms. The number of ketones is 1. The van der Waals surface area contributed by atoms with Gasteiger partial charge in [0.25, 0.3) is 0 Å². The molecule has 0 aromatic heterocycles. The van der Waals surface area contributed by atoms with Crippen molar-refractivity contribution in [1.29, 1.82) is 5.26 Å². The molecule has 4 heteroatoms. The number of hydrogen-bond acceptors (Lipinski definition) is 3. The van der Waals surface area contributed by atoms with Gasteiger partial charge in [-0.2, -0.15) is 5.26 Å². The van der Waals surface area contributed by atoms with E-state index in [1.807, 2.05) is 24.3 Å². The van der Waals surface area contributed by atoms with Crippen LogP contribution < -0.4 is 4.74 Å². The summed E-state index contributed by atoms with van der Waals surface area (Å²) in [5.41, 5.74) is 1.93. The van der Waals surface area contributed by atoms with E-state index in [2.05, 4.69) is 0 Å². The van der Waals surface area contributed by atoms with Gasteiger partial charge < -0.3 is 4.74 Å². The van der Waals surface area contributed by atoms with Crippen LogP contribution in [0.25, 0.3) is 5.57 Å². The summed E-state index contributed by atoms with van der Waals surface area (Å²) in [5, 5.41) is 9.93. The molecule has 22 heavy (non-hydrogen) atoms. The van der Waals surface area contributed by atoms with Crippen molar-refractivity contribution in [2.45, 2.75) is 6.92 Å². The van der Waals surface area contributed by atoms with Crippen molar-refractivity contribution in [2.75, 3.05) is 7.11 Å². The first-order valence-electron chi connectivity index (χ1n) is 6.62. The summed E-state index contributed by atoms with van der Waals surface area (Å²) >= 11 is 5.82. The molecule has 0 aliphatic carbocycles. The van der Waals surface area contributed by atoms with Crippen LogP contribution in [0.1, 0.15) is 22.8 Å². The molecule has 2 rings (SSSR count). The van der Waals surface area contributed by atoms with Crippen LogP contribution in [0.5, 0.6) is 5.75 Å². The molecule has 2 aromatic carbocycles. The molecular formula is C18H14ClNO2. The molecule has 0 saturated carbocycles. The number of carbonyl (C=O) groups is 1. The van der Waals surface area contributed by atoms with Gasteiger partial charge in [-0.15, -0.1) is 0 Å². The highest BCUT2D eigenvalue weighted by Crippen LogP contribution is 2.24. The number of benzene rings is 2. The lowest BCUT2D eigenvalue weighted by atomic mass is 9.96. The minimum absolute atomic E-state index is 0.107. The lowest BCUT2D eigenvalue weighted by Gasteiger charge is -2.08. The Labute approximate surface area is 134 Å². The summed E-state index contributed by atoms with van der Waals surface area (Å²) in [6.45, 7) is 1.75. The van der Waals surface area contributed by atoms with Crippen molar-refractivity contribution >= 4 is 23.0 Å². The fourth-order valence-electron chi connectivity index (χ4n) is 2.05. The molecule has 0 aliphatic heterocycles. The second-order valence-electron chi connectivity index (χ2n) is 4.68. The van der Waals surface area contributed by atoms with Crippen molar-refractivity contribution < 1.29 is 9.53 Å². The van der Waals surface area contributed by atoms with Crippen molar-refractivity contribution in [2.24, 2.45) is 0 Å². The number of nitrogens with zero attached hydrogens (tertiary/aromatic N) is 1. The smallest absolute Gasteiger partial charge is 0.203 e. The Morgan fingerprint density at radius 2 is 1.82 bits per heavy atom. The Morgan fingerprint density at radius 1 is 1.14 bits per heavy atom. The molecule has 0 N–H and O–H groups in total. The monoisotopic (exact) mass is 311 g/mol. The van der Waals surface area contributed by atoms with Crippen LogP contribution in [0, 0.1) is 11.3 Å².